The molecule has 2 atom stereocenters. The molecule has 72 valence electrons. The molecule has 0 saturated heterocycles. The van der Waals surface area contributed by atoms with Crippen LogP contribution >= 0.6 is 0 Å². The lowest BCUT2D eigenvalue weighted by Gasteiger charge is -2.13. The van der Waals surface area contributed by atoms with Crippen molar-refractivity contribution in [3.63, 3.8) is 0 Å². The SMILES string of the molecule is C=C1CCC(CC2CCC(=C)C2)C1. The molecule has 0 nitrogen and oxygen atoms in total. The van der Waals surface area contributed by atoms with Gasteiger partial charge in [0.2, 0.25) is 0 Å². The molecule has 2 aliphatic rings. The Morgan fingerprint density at radius 1 is 0.923 bits per heavy atom. The van der Waals surface area contributed by atoms with E-state index in [1.54, 1.807) is 0 Å². The highest BCUT2D eigenvalue weighted by Crippen LogP contribution is 2.39. The van der Waals surface area contributed by atoms with E-state index in [0.717, 1.165) is 11.8 Å². The third-order valence-corrected chi connectivity index (χ3v) is 3.63. The Labute approximate surface area is 81.7 Å². The maximum atomic E-state index is 4.08. The average Bonchev–Trinajstić information content (AvgIpc) is 2.62. The third kappa shape index (κ3) is 2.24. The fraction of sp³-hybridized carbons (Fsp3) is 0.692. The Bertz CT molecular complexity index is 200. The fourth-order valence-corrected chi connectivity index (χ4v) is 2.92. The molecule has 13 heavy (non-hydrogen) atoms. The van der Waals surface area contributed by atoms with Crippen LogP contribution < -0.4 is 0 Å². The minimum Gasteiger partial charge on any atom is -0.0999 e. The highest BCUT2D eigenvalue weighted by atomic mass is 14.3. The van der Waals surface area contributed by atoms with Crippen molar-refractivity contribution < 1.29 is 0 Å². The molecule has 0 aromatic carbocycles. The van der Waals surface area contributed by atoms with E-state index in [0.29, 0.717) is 0 Å². The molecular weight excluding hydrogens is 156 g/mol. The predicted molar refractivity (Wildman–Crippen MR) is 57.6 cm³/mol. The fourth-order valence-electron chi connectivity index (χ4n) is 2.92. The maximum absolute atomic E-state index is 4.08. The first-order valence-corrected chi connectivity index (χ1v) is 5.57. The summed E-state index contributed by atoms with van der Waals surface area (Å²) in [7, 11) is 0. The van der Waals surface area contributed by atoms with Gasteiger partial charge in [0.1, 0.15) is 0 Å². The van der Waals surface area contributed by atoms with Gasteiger partial charge in [-0.2, -0.15) is 0 Å². The lowest BCUT2D eigenvalue weighted by Crippen LogP contribution is -2.02. The Hall–Kier alpha value is -0.520. The number of hydrogen-bond donors (Lipinski definition) is 0. The topological polar surface area (TPSA) is 0 Å². The predicted octanol–water partition coefficient (Wildman–Crippen LogP) is 4.09. The lowest BCUT2D eigenvalue weighted by atomic mass is 9.92. The van der Waals surface area contributed by atoms with Crippen LogP contribution in [-0.4, -0.2) is 0 Å². The lowest BCUT2D eigenvalue weighted by molar-refractivity contribution is 0.389. The molecular formula is C13H20. The molecule has 2 unspecified atom stereocenters. The molecule has 0 heterocycles. The second kappa shape index (κ2) is 3.69. The van der Waals surface area contributed by atoms with Crippen LogP contribution in [0.15, 0.2) is 24.3 Å². The van der Waals surface area contributed by atoms with Crippen molar-refractivity contribution >= 4 is 0 Å². The normalized spacial score (nSPS) is 34.5. The molecule has 0 spiro atoms. The van der Waals surface area contributed by atoms with Crippen molar-refractivity contribution in [1.82, 2.24) is 0 Å². The first-order valence-electron chi connectivity index (χ1n) is 5.57. The molecule has 0 aromatic heterocycles. The van der Waals surface area contributed by atoms with E-state index in [2.05, 4.69) is 13.2 Å². The number of allylic oxidation sites excluding steroid dienone is 2. The van der Waals surface area contributed by atoms with Crippen LogP contribution in [0, 0.1) is 11.8 Å². The summed E-state index contributed by atoms with van der Waals surface area (Å²) in [5, 5.41) is 0. The number of rotatable bonds is 2. The second-order valence-electron chi connectivity index (χ2n) is 4.95. The molecule has 2 saturated carbocycles. The van der Waals surface area contributed by atoms with Gasteiger partial charge in [-0.3, -0.25) is 0 Å². The summed E-state index contributed by atoms with van der Waals surface area (Å²) >= 11 is 0. The second-order valence-corrected chi connectivity index (χ2v) is 4.95. The van der Waals surface area contributed by atoms with Crippen LogP contribution in [-0.2, 0) is 0 Å². The molecule has 0 aliphatic heterocycles. The number of hydrogen-bond acceptors (Lipinski definition) is 0. The summed E-state index contributed by atoms with van der Waals surface area (Å²) in [6, 6.07) is 0. The average molecular weight is 176 g/mol. The van der Waals surface area contributed by atoms with E-state index in [1.807, 2.05) is 0 Å². The molecule has 0 N–H and O–H groups in total. The van der Waals surface area contributed by atoms with Crippen molar-refractivity contribution in [3.8, 4) is 0 Å². The van der Waals surface area contributed by atoms with Crippen LogP contribution in [0.5, 0.6) is 0 Å². The van der Waals surface area contributed by atoms with Gasteiger partial charge in [-0.1, -0.05) is 24.3 Å². The van der Waals surface area contributed by atoms with E-state index >= 15 is 0 Å². The van der Waals surface area contributed by atoms with Gasteiger partial charge in [0.05, 0.1) is 0 Å². The van der Waals surface area contributed by atoms with Gasteiger partial charge in [0.25, 0.3) is 0 Å². The molecule has 0 heteroatoms. The standard InChI is InChI=1S/C13H20/c1-10-3-5-12(7-10)9-13-6-4-11(2)8-13/h12-13H,1-9H2. The highest BCUT2D eigenvalue weighted by Gasteiger charge is 2.25. The Morgan fingerprint density at radius 2 is 1.38 bits per heavy atom. The van der Waals surface area contributed by atoms with Gasteiger partial charge in [-0.05, 0) is 56.8 Å². The Kier molecular flexibility index (Phi) is 2.57. The van der Waals surface area contributed by atoms with Crippen molar-refractivity contribution in [2.45, 2.75) is 44.9 Å². The summed E-state index contributed by atoms with van der Waals surface area (Å²) in [6.07, 6.45) is 9.45. The van der Waals surface area contributed by atoms with Crippen LogP contribution in [0.1, 0.15) is 44.9 Å². The van der Waals surface area contributed by atoms with Crippen LogP contribution in [0.25, 0.3) is 0 Å². The van der Waals surface area contributed by atoms with E-state index in [-0.39, 0.29) is 0 Å². The van der Waals surface area contributed by atoms with E-state index < -0.39 is 0 Å². The molecule has 0 bridgehead atoms. The largest absolute Gasteiger partial charge is 0.0999 e. The quantitative estimate of drug-likeness (QED) is 0.556. The molecule has 2 rings (SSSR count). The first kappa shape index (κ1) is 9.05. The van der Waals surface area contributed by atoms with Crippen LogP contribution in [0.4, 0.5) is 0 Å². The summed E-state index contributed by atoms with van der Waals surface area (Å²) < 4.78 is 0. The summed E-state index contributed by atoms with van der Waals surface area (Å²) in [4.78, 5) is 0. The first-order chi connectivity index (χ1) is 6.24. The Morgan fingerprint density at radius 3 is 1.69 bits per heavy atom. The monoisotopic (exact) mass is 176 g/mol. The molecule has 0 aromatic rings. The van der Waals surface area contributed by atoms with Gasteiger partial charge in [0, 0.05) is 0 Å². The molecule has 2 fully saturated rings. The van der Waals surface area contributed by atoms with Crippen LogP contribution in [0.2, 0.25) is 0 Å². The zero-order chi connectivity index (χ0) is 9.26. The minimum atomic E-state index is 0.961. The van der Waals surface area contributed by atoms with Gasteiger partial charge in [0.15, 0.2) is 0 Å². The molecule has 2 aliphatic carbocycles. The van der Waals surface area contributed by atoms with E-state index in [9.17, 15) is 0 Å². The van der Waals surface area contributed by atoms with Gasteiger partial charge >= 0.3 is 0 Å². The van der Waals surface area contributed by atoms with Gasteiger partial charge < -0.3 is 0 Å². The van der Waals surface area contributed by atoms with E-state index in [4.69, 9.17) is 0 Å². The van der Waals surface area contributed by atoms with Gasteiger partial charge in [-0.15, -0.1) is 0 Å². The van der Waals surface area contributed by atoms with Crippen LogP contribution in [0.3, 0.4) is 0 Å². The summed E-state index contributed by atoms with van der Waals surface area (Å²) in [6.45, 7) is 8.15. The van der Waals surface area contributed by atoms with Crippen molar-refractivity contribution in [2.24, 2.45) is 11.8 Å². The molecule has 0 amide bonds. The third-order valence-electron chi connectivity index (χ3n) is 3.63. The van der Waals surface area contributed by atoms with Crippen molar-refractivity contribution in [2.75, 3.05) is 0 Å². The van der Waals surface area contributed by atoms with Crippen molar-refractivity contribution in [1.29, 1.82) is 0 Å². The van der Waals surface area contributed by atoms with Crippen molar-refractivity contribution in [3.05, 3.63) is 24.3 Å². The summed E-state index contributed by atoms with van der Waals surface area (Å²) in [5.41, 5.74) is 2.98. The zero-order valence-electron chi connectivity index (χ0n) is 8.52. The van der Waals surface area contributed by atoms with E-state index in [1.165, 1.54) is 56.1 Å². The maximum Gasteiger partial charge on any atom is -0.0294 e. The summed E-state index contributed by atoms with van der Waals surface area (Å²) in [5.74, 6) is 1.92. The minimum absolute atomic E-state index is 0.961. The smallest absolute Gasteiger partial charge is 0.0294 e. The Balaban J connectivity index is 1.78. The van der Waals surface area contributed by atoms with Gasteiger partial charge in [-0.25, -0.2) is 0 Å². The molecule has 0 radical (unpaired) electrons. The zero-order valence-corrected chi connectivity index (χ0v) is 8.52. The highest BCUT2D eigenvalue weighted by molar-refractivity contribution is 5.05.